The second-order valence-corrected chi connectivity index (χ2v) is 5.02. The molecule has 1 N–H and O–H groups in total. The molecule has 2 aromatic rings. The fourth-order valence-corrected chi connectivity index (χ4v) is 1.84. The van der Waals surface area contributed by atoms with Crippen LogP contribution in [0.5, 0.6) is 11.5 Å². The van der Waals surface area contributed by atoms with Crippen molar-refractivity contribution in [3.05, 3.63) is 53.9 Å². The second-order valence-electron chi connectivity index (χ2n) is 5.02. The van der Waals surface area contributed by atoms with Crippen molar-refractivity contribution in [3.63, 3.8) is 0 Å². The Balaban J connectivity index is 2.03. The van der Waals surface area contributed by atoms with E-state index in [1.165, 1.54) is 12.4 Å². The predicted octanol–water partition coefficient (Wildman–Crippen LogP) is 2.64. The number of methoxy groups -OCH3 is 1. The molecule has 0 spiro atoms. The fourth-order valence-electron chi connectivity index (χ4n) is 1.84. The smallest absolute Gasteiger partial charge is 0.272 e. The Morgan fingerprint density at radius 1 is 1.30 bits per heavy atom. The highest BCUT2D eigenvalue weighted by Gasteiger charge is 2.07. The second kappa shape index (κ2) is 7.93. The van der Waals surface area contributed by atoms with Gasteiger partial charge in [-0.25, -0.2) is 5.43 Å². The molecule has 0 aliphatic carbocycles. The molecule has 0 saturated carbocycles. The van der Waals surface area contributed by atoms with Crippen LogP contribution >= 0.6 is 0 Å². The van der Waals surface area contributed by atoms with E-state index in [1.807, 2.05) is 26.0 Å². The summed E-state index contributed by atoms with van der Waals surface area (Å²) in [6, 6.07) is 8.79. The van der Waals surface area contributed by atoms with Gasteiger partial charge >= 0.3 is 0 Å². The highest BCUT2D eigenvalue weighted by Crippen LogP contribution is 2.28. The molecule has 120 valence electrons. The lowest BCUT2D eigenvalue weighted by Crippen LogP contribution is -2.17. The molecular weight excluding hydrogens is 294 g/mol. The van der Waals surface area contributed by atoms with Gasteiger partial charge in [0.1, 0.15) is 0 Å². The van der Waals surface area contributed by atoms with Gasteiger partial charge in [0.15, 0.2) is 11.5 Å². The third kappa shape index (κ3) is 4.81. The van der Waals surface area contributed by atoms with Gasteiger partial charge in [-0.15, -0.1) is 0 Å². The summed E-state index contributed by atoms with van der Waals surface area (Å²) in [5.74, 6) is 0.960. The van der Waals surface area contributed by atoms with Crippen LogP contribution in [0.4, 0.5) is 0 Å². The van der Waals surface area contributed by atoms with Gasteiger partial charge in [0.25, 0.3) is 5.91 Å². The van der Waals surface area contributed by atoms with Gasteiger partial charge in [-0.1, -0.05) is 0 Å². The van der Waals surface area contributed by atoms with Crippen molar-refractivity contribution >= 4 is 12.1 Å². The zero-order valence-corrected chi connectivity index (χ0v) is 13.3. The molecular formula is C17H19N3O3. The van der Waals surface area contributed by atoms with Crippen molar-refractivity contribution in [1.29, 1.82) is 0 Å². The van der Waals surface area contributed by atoms with Gasteiger partial charge in [0, 0.05) is 12.4 Å². The summed E-state index contributed by atoms with van der Waals surface area (Å²) in [5.41, 5.74) is 3.68. The lowest BCUT2D eigenvalue weighted by molar-refractivity contribution is 0.0955. The van der Waals surface area contributed by atoms with E-state index < -0.39 is 0 Å². The summed E-state index contributed by atoms with van der Waals surface area (Å²) in [6.45, 7) is 3.89. The van der Waals surface area contributed by atoms with E-state index >= 15 is 0 Å². The maximum atomic E-state index is 11.8. The van der Waals surface area contributed by atoms with Gasteiger partial charge in [0.2, 0.25) is 0 Å². The van der Waals surface area contributed by atoms with Gasteiger partial charge in [-0.2, -0.15) is 5.10 Å². The Morgan fingerprint density at radius 2 is 2.13 bits per heavy atom. The van der Waals surface area contributed by atoms with Crippen LogP contribution in [-0.4, -0.2) is 30.3 Å². The number of ether oxygens (including phenoxy) is 2. The number of nitrogens with zero attached hydrogens (tertiary/aromatic N) is 2. The number of carbonyl (C=O) groups is 1. The number of rotatable bonds is 6. The largest absolute Gasteiger partial charge is 0.493 e. The van der Waals surface area contributed by atoms with Crippen LogP contribution in [0.15, 0.2) is 47.8 Å². The Kier molecular flexibility index (Phi) is 5.68. The first-order valence-electron chi connectivity index (χ1n) is 7.18. The number of aromatic nitrogens is 1. The number of hydrazone groups is 1. The van der Waals surface area contributed by atoms with E-state index in [2.05, 4.69) is 15.5 Å². The molecule has 0 aliphatic heterocycles. The number of carbonyl (C=O) groups excluding carboxylic acids is 1. The SMILES string of the molecule is COc1cc(/C=N/NC(=O)c2cccnc2)ccc1OC(C)C. The van der Waals surface area contributed by atoms with Gasteiger partial charge in [-0.3, -0.25) is 9.78 Å². The number of nitrogens with one attached hydrogen (secondary N) is 1. The van der Waals surface area contributed by atoms with Crippen molar-refractivity contribution in [3.8, 4) is 11.5 Å². The van der Waals surface area contributed by atoms with Crippen molar-refractivity contribution in [2.24, 2.45) is 5.10 Å². The van der Waals surface area contributed by atoms with E-state index in [0.717, 1.165) is 5.56 Å². The molecule has 0 fully saturated rings. The third-order valence-corrected chi connectivity index (χ3v) is 2.85. The third-order valence-electron chi connectivity index (χ3n) is 2.85. The minimum atomic E-state index is -0.318. The maximum Gasteiger partial charge on any atom is 0.272 e. The average Bonchev–Trinajstić information content (AvgIpc) is 2.56. The molecule has 0 aliphatic rings. The number of hydrogen-bond acceptors (Lipinski definition) is 5. The van der Waals surface area contributed by atoms with E-state index in [4.69, 9.17) is 9.47 Å². The molecule has 1 amide bonds. The van der Waals surface area contributed by atoms with E-state index in [-0.39, 0.29) is 12.0 Å². The summed E-state index contributed by atoms with van der Waals surface area (Å²) in [5, 5.41) is 3.94. The average molecular weight is 313 g/mol. The zero-order chi connectivity index (χ0) is 16.7. The number of amides is 1. The van der Waals surface area contributed by atoms with Crippen LogP contribution in [0.1, 0.15) is 29.8 Å². The number of pyridine rings is 1. The molecule has 0 atom stereocenters. The Hall–Kier alpha value is -2.89. The minimum absolute atomic E-state index is 0.0576. The quantitative estimate of drug-likeness (QED) is 0.657. The minimum Gasteiger partial charge on any atom is -0.493 e. The summed E-state index contributed by atoms with van der Waals surface area (Å²) in [4.78, 5) is 15.7. The van der Waals surface area contributed by atoms with Gasteiger partial charge in [0.05, 0.1) is 25.0 Å². The monoisotopic (exact) mass is 313 g/mol. The molecule has 0 bridgehead atoms. The van der Waals surface area contributed by atoms with E-state index in [0.29, 0.717) is 17.1 Å². The van der Waals surface area contributed by atoms with E-state index in [9.17, 15) is 4.79 Å². The highest BCUT2D eigenvalue weighted by atomic mass is 16.5. The predicted molar refractivity (Wildman–Crippen MR) is 88.1 cm³/mol. The normalized spacial score (nSPS) is 10.8. The molecule has 1 aromatic heterocycles. The van der Waals surface area contributed by atoms with Crippen LogP contribution in [0.3, 0.4) is 0 Å². The molecule has 6 nitrogen and oxygen atoms in total. The summed E-state index contributed by atoms with van der Waals surface area (Å²) >= 11 is 0. The fraction of sp³-hybridized carbons (Fsp3) is 0.235. The van der Waals surface area contributed by atoms with Gasteiger partial charge < -0.3 is 9.47 Å². The van der Waals surface area contributed by atoms with Gasteiger partial charge in [-0.05, 0) is 49.7 Å². The lowest BCUT2D eigenvalue weighted by atomic mass is 10.2. The van der Waals surface area contributed by atoms with Crippen LogP contribution in [0.25, 0.3) is 0 Å². The van der Waals surface area contributed by atoms with Crippen LogP contribution in [0, 0.1) is 0 Å². The molecule has 1 heterocycles. The maximum absolute atomic E-state index is 11.8. The molecule has 6 heteroatoms. The van der Waals surface area contributed by atoms with Crippen molar-refractivity contribution in [1.82, 2.24) is 10.4 Å². The first-order valence-corrected chi connectivity index (χ1v) is 7.18. The Morgan fingerprint density at radius 3 is 2.78 bits per heavy atom. The number of benzene rings is 1. The molecule has 0 unspecified atom stereocenters. The molecule has 2 rings (SSSR count). The highest BCUT2D eigenvalue weighted by molar-refractivity contribution is 5.94. The van der Waals surface area contributed by atoms with Crippen molar-refractivity contribution in [2.75, 3.05) is 7.11 Å². The van der Waals surface area contributed by atoms with Crippen molar-refractivity contribution in [2.45, 2.75) is 20.0 Å². The van der Waals surface area contributed by atoms with Crippen LogP contribution in [-0.2, 0) is 0 Å². The van der Waals surface area contributed by atoms with Crippen LogP contribution in [0.2, 0.25) is 0 Å². The summed E-state index contributed by atoms with van der Waals surface area (Å²) in [6.07, 6.45) is 4.68. The summed E-state index contributed by atoms with van der Waals surface area (Å²) < 4.78 is 10.9. The topological polar surface area (TPSA) is 72.8 Å². The Labute approximate surface area is 135 Å². The molecule has 23 heavy (non-hydrogen) atoms. The number of hydrogen-bond donors (Lipinski definition) is 1. The summed E-state index contributed by atoms with van der Waals surface area (Å²) in [7, 11) is 1.58. The first-order chi connectivity index (χ1) is 11.1. The standard InChI is InChI=1S/C17H19N3O3/c1-12(2)23-15-7-6-13(9-16(15)22-3)10-19-20-17(21)14-5-4-8-18-11-14/h4-12H,1-3H3,(H,20,21)/b19-10+. The molecule has 0 radical (unpaired) electrons. The first kappa shape index (κ1) is 16.5. The van der Waals surface area contributed by atoms with Crippen molar-refractivity contribution < 1.29 is 14.3 Å². The Bertz CT molecular complexity index is 685. The van der Waals surface area contributed by atoms with E-state index in [1.54, 1.807) is 31.5 Å². The zero-order valence-electron chi connectivity index (χ0n) is 13.3. The molecule has 1 aromatic carbocycles. The van der Waals surface area contributed by atoms with Crippen LogP contribution < -0.4 is 14.9 Å². The molecule has 0 saturated heterocycles. The lowest BCUT2D eigenvalue weighted by Gasteiger charge is -2.13.